The molecule has 1 aromatic heterocycles. The first-order valence-corrected chi connectivity index (χ1v) is 6.80. The Morgan fingerprint density at radius 2 is 2.26 bits per heavy atom. The van der Waals surface area contributed by atoms with Crippen molar-refractivity contribution < 1.29 is 4.79 Å². The third-order valence-corrected chi connectivity index (χ3v) is 3.92. The van der Waals surface area contributed by atoms with Crippen LogP contribution in [-0.4, -0.2) is 35.4 Å². The van der Waals surface area contributed by atoms with Crippen LogP contribution in [0, 0.1) is 5.92 Å². The van der Waals surface area contributed by atoms with Gasteiger partial charge in [0.05, 0.1) is 0 Å². The summed E-state index contributed by atoms with van der Waals surface area (Å²) in [5.74, 6) is 0.595. The average molecular weight is 257 g/mol. The Balaban J connectivity index is 1.64. The highest BCUT2D eigenvalue weighted by Crippen LogP contribution is 2.18. The zero-order valence-corrected chi connectivity index (χ0v) is 10.9. The van der Waals surface area contributed by atoms with E-state index in [2.05, 4.69) is 29.2 Å². The van der Waals surface area contributed by atoms with Crippen molar-refractivity contribution in [3.8, 4) is 0 Å². The molecule has 0 aliphatic carbocycles. The highest BCUT2D eigenvalue weighted by Gasteiger charge is 2.27. The van der Waals surface area contributed by atoms with Crippen LogP contribution >= 0.6 is 0 Å². The fraction of sp³-hybridized carbons (Fsp3) is 0.400. The summed E-state index contributed by atoms with van der Waals surface area (Å²) in [5, 5.41) is 1.23. The van der Waals surface area contributed by atoms with Gasteiger partial charge in [-0.25, -0.2) is 0 Å². The van der Waals surface area contributed by atoms with Crippen molar-refractivity contribution >= 4 is 16.8 Å². The van der Waals surface area contributed by atoms with Crippen molar-refractivity contribution in [2.24, 2.45) is 11.7 Å². The number of nitrogens with one attached hydrogen (secondary N) is 1. The summed E-state index contributed by atoms with van der Waals surface area (Å²) >= 11 is 0. The zero-order chi connectivity index (χ0) is 13.2. The molecule has 1 aromatic carbocycles. The number of aromatic nitrogens is 1. The zero-order valence-electron chi connectivity index (χ0n) is 10.9. The van der Waals surface area contributed by atoms with E-state index in [0.717, 1.165) is 25.0 Å². The molecule has 19 heavy (non-hydrogen) atoms. The lowest BCUT2D eigenvalue weighted by atomic mass is 10.1. The van der Waals surface area contributed by atoms with Gasteiger partial charge in [0.2, 0.25) is 5.91 Å². The Kier molecular flexibility index (Phi) is 3.25. The number of fused-ring (bicyclic) bond motifs is 1. The first kappa shape index (κ1) is 12.2. The lowest BCUT2D eigenvalue weighted by Crippen LogP contribution is -2.28. The first-order valence-electron chi connectivity index (χ1n) is 6.80. The SMILES string of the molecule is NCC1CC(=O)N(CCc2ccc3[nH]ccc3c2)C1. The van der Waals surface area contributed by atoms with Crippen LogP contribution in [0.2, 0.25) is 0 Å². The van der Waals surface area contributed by atoms with Crippen LogP contribution in [0.4, 0.5) is 0 Å². The van der Waals surface area contributed by atoms with Gasteiger partial charge in [-0.05, 0) is 48.0 Å². The molecule has 1 atom stereocenters. The standard InChI is InChI=1S/C15H19N3O/c16-9-12-8-15(19)18(10-12)6-4-11-1-2-14-13(7-11)3-5-17-14/h1-3,5,7,12,17H,4,6,8-10,16H2. The molecule has 100 valence electrons. The summed E-state index contributed by atoms with van der Waals surface area (Å²) < 4.78 is 0. The number of carbonyl (C=O) groups is 1. The number of hydrogen-bond acceptors (Lipinski definition) is 2. The molecule has 3 rings (SSSR count). The van der Waals surface area contributed by atoms with E-state index >= 15 is 0 Å². The van der Waals surface area contributed by atoms with Crippen LogP contribution in [0.3, 0.4) is 0 Å². The fourth-order valence-electron chi connectivity index (χ4n) is 2.75. The number of amides is 1. The van der Waals surface area contributed by atoms with E-state index in [-0.39, 0.29) is 5.91 Å². The lowest BCUT2D eigenvalue weighted by Gasteiger charge is -2.16. The van der Waals surface area contributed by atoms with Crippen LogP contribution in [0.15, 0.2) is 30.5 Å². The number of benzene rings is 1. The molecule has 1 fully saturated rings. The van der Waals surface area contributed by atoms with Gasteiger partial charge in [0.1, 0.15) is 0 Å². The normalized spacial score (nSPS) is 19.5. The first-order chi connectivity index (χ1) is 9.26. The molecule has 4 nitrogen and oxygen atoms in total. The minimum Gasteiger partial charge on any atom is -0.361 e. The Morgan fingerprint density at radius 1 is 1.37 bits per heavy atom. The van der Waals surface area contributed by atoms with E-state index in [1.807, 2.05) is 11.1 Å². The molecule has 1 saturated heterocycles. The number of aromatic amines is 1. The molecular formula is C15H19N3O. The largest absolute Gasteiger partial charge is 0.361 e. The molecule has 1 aliphatic rings. The second-order valence-corrected chi connectivity index (χ2v) is 5.29. The van der Waals surface area contributed by atoms with Crippen molar-refractivity contribution in [2.75, 3.05) is 19.6 Å². The number of rotatable bonds is 4. The molecule has 1 aliphatic heterocycles. The van der Waals surface area contributed by atoms with Crippen molar-refractivity contribution in [1.82, 2.24) is 9.88 Å². The van der Waals surface area contributed by atoms with Gasteiger partial charge in [-0.1, -0.05) is 6.07 Å². The van der Waals surface area contributed by atoms with Gasteiger partial charge in [0, 0.05) is 31.2 Å². The summed E-state index contributed by atoms with van der Waals surface area (Å²) in [6, 6.07) is 8.48. The molecule has 3 N–H and O–H groups in total. The summed E-state index contributed by atoms with van der Waals surface area (Å²) in [6.07, 6.45) is 3.47. The highest BCUT2D eigenvalue weighted by atomic mass is 16.2. The van der Waals surface area contributed by atoms with Gasteiger partial charge in [0.15, 0.2) is 0 Å². The van der Waals surface area contributed by atoms with Gasteiger partial charge in [-0.15, -0.1) is 0 Å². The second-order valence-electron chi connectivity index (χ2n) is 5.29. The quantitative estimate of drug-likeness (QED) is 0.872. The predicted molar refractivity (Wildman–Crippen MR) is 75.7 cm³/mol. The van der Waals surface area contributed by atoms with Crippen LogP contribution < -0.4 is 5.73 Å². The Labute approximate surface area is 112 Å². The smallest absolute Gasteiger partial charge is 0.222 e. The Bertz CT molecular complexity index is 590. The number of likely N-dealkylation sites (tertiary alicyclic amines) is 1. The van der Waals surface area contributed by atoms with Gasteiger partial charge in [-0.3, -0.25) is 4.79 Å². The van der Waals surface area contributed by atoms with Crippen LogP contribution in [0.25, 0.3) is 10.9 Å². The number of carbonyl (C=O) groups excluding carboxylic acids is 1. The summed E-state index contributed by atoms with van der Waals surface area (Å²) in [7, 11) is 0. The lowest BCUT2D eigenvalue weighted by molar-refractivity contribution is -0.127. The summed E-state index contributed by atoms with van der Waals surface area (Å²) in [4.78, 5) is 16.9. The molecule has 0 saturated carbocycles. The van der Waals surface area contributed by atoms with Crippen LogP contribution in [0.5, 0.6) is 0 Å². The summed E-state index contributed by atoms with van der Waals surface area (Å²) in [6.45, 7) is 2.23. The van der Waals surface area contributed by atoms with Crippen LogP contribution in [0.1, 0.15) is 12.0 Å². The minimum atomic E-state index is 0.248. The Hall–Kier alpha value is -1.81. The molecule has 0 bridgehead atoms. The Morgan fingerprint density at radius 3 is 3.05 bits per heavy atom. The number of hydrogen-bond donors (Lipinski definition) is 2. The topological polar surface area (TPSA) is 62.1 Å². The van der Waals surface area contributed by atoms with E-state index in [1.165, 1.54) is 10.9 Å². The number of nitrogens with zero attached hydrogens (tertiary/aromatic N) is 1. The van der Waals surface area contributed by atoms with Gasteiger partial charge in [-0.2, -0.15) is 0 Å². The van der Waals surface area contributed by atoms with E-state index < -0.39 is 0 Å². The fourth-order valence-corrected chi connectivity index (χ4v) is 2.75. The van der Waals surface area contributed by atoms with E-state index in [4.69, 9.17) is 5.73 Å². The maximum Gasteiger partial charge on any atom is 0.222 e. The highest BCUT2D eigenvalue weighted by molar-refractivity contribution is 5.80. The number of nitrogens with two attached hydrogens (primary N) is 1. The second kappa shape index (κ2) is 5.05. The molecule has 4 heteroatoms. The van der Waals surface area contributed by atoms with Gasteiger partial charge < -0.3 is 15.6 Å². The average Bonchev–Trinajstić information content (AvgIpc) is 3.02. The molecule has 2 heterocycles. The van der Waals surface area contributed by atoms with E-state index in [1.54, 1.807) is 0 Å². The molecule has 1 amide bonds. The maximum atomic E-state index is 11.8. The van der Waals surface area contributed by atoms with E-state index in [0.29, 0.717) is 18.9 Å². The van der Waals surface area contributed by atoms with E-state index in [9.17, 15) is 4.79 Å². The minimum absolute atomic E-state index is 0.248. The van der Waals surface area contributed by atoms with Gasteiger partial charge in [0.25, 0.3) is 0 Å². The number of H-pyrrole nitrogens is 1. The molecule has 2 aromatic rings. The third-order valence-electron chi connectivity index (χ3n) is 3.92. The van der Waals surface area contributed by atoms with Crippen molar-refractivity contribution in [2.45, 2.75) is 12.8 Å². The maximum absolute atomic E-state index is 11.8. The third kappa shape index (κ3) is 2.49. The monoisotopic (exact) mass is 257 g/mol. The predicted octanol–water partition coefficient (Wildman–Crippen LogP) is 1.52. The summed E-state index contributed by atoms with van der Waals surface area (Å²) in [5.41, 5.74) is 8.06. The molecule has 0 radical (unpaired) electrons. The van der Waals surface area contributed by atoms with Crippen molar-refractivity contribution in [1.29, 1.82) is 0 Å². The van der Waals surface area contributed by atoms with Crippen molar-refractivity contribution in [3.63, 3.8) is 0 Å². The van der Waals surface area contributed by atoms with Crippen molar-refractivity contribution in [3.05, 3.63) is 36.0 Å². The molecule has 1 unspecified atom stereocenters. The van der Waals surface area contributed by atoms with Gasteiger partial charge >= 0.3 is 0 Å². The molecular weight excluding hydrogens is 238 g/mol. The molecule has 0 spiro atoms. The van der Waals surface area contributed by atoms with Crippen LogP contribution in [-0.2, 0) is 11.2 Å².